The summed E-state index contributed by atoms with van der Waals surface area (Å²) in [5.74, 6) is -0.0938. The summed E-state index contributed by atoms with van der Waals surface area (Å²) in [6, 6.07) is 0. The van der Waals surface area contributed by atoms with Gasteiger partial charge in [0.2, 0.25) is 0 Å². The third kappa shape index (κ3) is 6.00. The van der Waals surface area contributed by atoms with Crippen LogP contribution in [-0.2, 0) is 11.1 Å². The summed E-state index contributed by atoms with van der Waals surface area (Å²) in [6.45, 7) is 0. The Kier molecular flexibility index (Phi) is 4.17. The maximum absolute atomic E-state index is 9.63. The molecule has 0 saturated carbocycles. The predicted octanol–water partition coefficient (Wildman–Crippen LogP) is -0.630. The van der Waals surface area contributed by atoms with Gasteiger partial charge in [-0.2, -0.15) is 0 Å². The van der Waals surface area contributed by atoms with Crippen LogP contribution in [0.25, 0.3) is 0 Å². The van der Waals surface area contributed by atoms with Gasteiger partial charge >= 0.3 is 0 Å². The molecule has 0 rings (SSSR count). The summed E-state index contributed by atoms with van der Waals surface area (Å²) in [5.41, 5.74) is 1.16. The lowest BCUT2D eigenvalue weighted by atomic mass is 11.2. The van der Waals surface area contributed by atoms with Crippen LogP contribution in [-0.4, -0.2) is 20.1 Å². The zero-order valence-corrected chi connectivity index (χ0v) is 5.05. The minimum atomic E-state index is -2.02. The number of hydrogen-bond donors (Lipinski definition) is 1. The van der Waals surface area contributed by atoms with Crippen molar-refractivity contribution in [3.8, 4) is 0 Å². The highest BCUT2D eigenvalue weighted by Crippen LogP contribution is 1.61. The van der Waals surface area contributed by atoms with E-state index < -0.39 is 11.1 Å². The highest BCUT2D eigenvalue weighted by molar-refractivity contribution is 7.80. The molecule has 0 fully saturated rings. The fraction of sp³-hybridized carbons (Fsp3) is 0.500. The molecule has 0 aliphatic carbocycles. The Morgan fingerprint density at radius 3 is 2.71 bits per heavy atom. The van der Waals surface area contributed by atoms with Crippen molar-refractivity contribution in [3.05, 3.63) is 0 Å². The monoisotopic (exact) mass is 138 g/mol. The lowest BCUT2D eigenvalue weighted by Crippen LogP contribution is -2.15. The van der Waals surface area contributed by atoms with Gasteiger partial charge < -0.3 is 9.87 Å². The van der Waals surface area contributed by atoms with E-state index in [9.17, 15) is 8.76 Å². The van der Waals surface area contributed by atoms with E-state index >= 15 is 0 Å². The fourth-order valence-corrected chi connectivity index (χ4v) is 0.510. The molecule has 7 heavy (non-hydrogen) atoms. The van der Waals surface area contributed by atoms with E-state index in [-0.39, 0.29) is 5.88 Å². The van der Waals surface area contributed by atoms with Crippen molar-refractivity contribution in [3.63, 3.8) is 0 Å². The topological polar surface area (TPSA) is 52.2 Å². The lowest BCUT2D eigenvalue weighted by Gasteiger charge is -2.00. The van der Waals surface area contributed by atoms with Crippen LogP contribution in [0, 0.1) is 0 Å². The number of hydrogen-bond acceptors (Lipinski definition) is 3. The predicted molar refractivity (Wildman–Crippen MR) is 30.6 cm³/mol. The highest BCUT2D eigenvalue weighted by Gasteiger charge is 1.72. The van der Waals surface area contributed by atoms with Crippen molar-refractivity contribution in [2.75, 3.05) is 5.88 Å². The van der Waals surface area contributed by atoms with E-state index in [1.54, 1.807) is 0 Å². The van der Waals surface area contributed by atoms with Crippen LogP contribution in [0.3, 0.4) is 0 Å². The quantitative estimate of drug-likeness (QED) is 0.417. The third-order valence-corrected chi connectivity index (χ3v) is 0.854. The first-order valence-electron chi connectivity index (χ1n) is 1.50. The van der Waals surface area contributed by atoms with Gasteiger partial charge in [0.05, 0.1) is 11.4 Å². The van der Waals surface area contributed by atoms with Gasteiger partial charge in [0.1, 0.15) is 0 Å². The fourth-order valence-electron chi connectivity index (χ4n) is 0.102. The van der Waals surface area contributed by atoms with Crippen molar-refractivity contribution < 1.29 is 8.76 Å². The van der Waals surface area contributed by atoms with E-state index in [1.165, 1.54) is 0 Å². The van der Waals surface area contributed by atoms with Gasteiger partial charge in [0, 0.05) is 0 Å². The van der Waals surface area contributed by atoms with E-state index in [0.717, 1.165) is 5.49 Å². The molecule has 0 radical (unpaired) electrons. The Hall–Kier alpha value is -0.0000000000000000555. The molecule has 0 heterocycles. The molecule has 0 aromatic rings. The molecular formula is C2H4NO2S2-. The van der Waals surface area contributed by atoms with Gasteiger partial charge in [0.25, 0.3) is 0 Å². The van der Waals surface area contributed by atoms with E-state index in [2.05, 4.69) is 17.5 Å². The van der Waals surface area contributed by atoms with Crippen LogP contribution >= 0.6 is 12.2 Å². The second kappa shape index (κ2) is 4.17. The van der Waals surface area contributed by atoms with Crippen molar-refractivity contribution in [2.45, 2.75) is 0 Å². The molecule has 0 aliphatic rings. The Bertz CT molecular complexity index is 83.8. The van der Waals surface area contributed by atoms with Crippen molar-refractivity contribution in [2.24, 2.45) is 0 Å². The summed E-state index contributed by atoms with van der Waals surface area (Å²) in [6.07, 6.45) is 0. The molecule has 42 valence electrons. The number of nitrogens with one attached hydrogen (secondary N) is 1. The molecule has 5 heteroatoms. The van der Waals surface area contributed by atoms with Crippen LogP contribution < -0.4 is 5.32 Å². The largest absolute Gasteiger partial charge is 0.771 e. The second-order valence-electron chi connectivity index (χ2n) is 0.770. The number of rotatable bonds is 3. The zero-order valence-electron chi connectivity index (χ0n) is 3.42. The molecule has 1 N–H and O–H groups in total. The molecule has 3 nitrogen and oxygen atoms in total. The van der Waals surface area contributed by atoms with E-state index in [4.69, 9.17) is 0 Å². The van der Waals surface area contributed by atoms with E-state index in [1.807, 2.05) is 0 Å². The van der Waals surface area contributed by atoms with Crippen LogP contribution in [0.4, 0.5) is 0 Å². The summed E-state index contributed by atoms with van der Waals surface area (Å²) in [7, 11) is 0. The standard InChI is InChI=1S/C2H5NO2S2/c4-7(5)2-3-1-6/h1H,2H2,(H,3,6)(H,4,5)/p-1. The van der Waals surface area contributed by atoms with Gasteiger partial charge in [-0.15, -0.1) is 0 Å². The van der Waals surface area contributed by atoms with Crippen LogP contribution in [0.2, 0.25) is 0 Å². The van der Waals surface area contributed by atoms with Crippen LogP contribution in [0.15, 0.2) is 0 Å². The summed E-state index contributed by atoms with van der Waals surface area (Å²) in [5, 5.41) is 2.32. The molecule has 0 bridgehead atoms. The van der Waals surface area contributed by atoms with Crippen molar-refractivity contribution in [1.29, 1.82) is 0 Å². The molecule has 1 atom stereocenters. The summed E-state index contributed by atoms with van der Waals surface area (Å²) >= 11 is 2.24. The van der Waals surface area contributed by atoms with Crippen LogP contribution in [0.5, 0.6) is 0 Å². The van der Waals surface area contributed by atoms with Crippen molar-refractivity contribution in [1.82, 2.24) is 5.32 Å². The van der Waals surface area contributed by atoms with Gasteiger partial charge in [-0.05, 0) is 11.1 Å². The first-order chi connectivity index (χ1) is 3.27. The molecule has 0 saturated heterocycles. The van der Waals surface area contributed by atoms with Gasteiger partial charge in [0.15, 0.2) is 0 Å². The average molecular weight is 138 g/mol. The summed E-state index contributed by atoms with van der Waals surface area (Å²) < 4.78 is 19.3. The van der Waals surface area contributed by atoms with Crippen LogP contribution in [0.1, 0.15) is 0 Å². The maximum Gasteiger partial charge on any atom is 0.0779 e. The Morgan fingerprint density at radius 2 is 2.57 bits per heavy atom. The van der Waals surface area contributed by atoms with Crippen molar-refractivity contribution >= 4 is 28.8 Å². The molecule has 0 spiro atoms. The molecule has 1 unspecified atom stereocenters. The zero-order chi connectivity index (χ0) is 5.70. The SMILES string of the molecule is O=S([O-])CNC=S. The second-order valence-corrected chi connectivity index (χ2v) is 1.90. The smallest absolute Gasteiger partial charge is 0.0779 e. The maximum atomic E-state index is 9.63. The molecule has 0 aromatic carbocycles. The minimum Gasteiger partial charge on any atom is -0.771 e. The van der Waals surface area contributed by atoms with Gasteiger partial charge in [-0.3, -0.25) is 4.21 Å². The molecule has 0 aromatic heterocycles. The summed E-state index contributed by atoms with van der Waals surface area (Å²) in [4.78, 5) is 0. The van der Waals surface area contributed by atoms with Gasteiger partial charge in [-0.25, -0.2) is 0 Å². The number of thiocarbonyl (C=S) groups is 1. The first kappa shape index (κ1) is 7.00. The Labute approximate surface area is 49.4 Å². The molecule has 0 amide bonds. The van der Waals surface area contributed by atoms with E-state index in [0.29, 0.717) is 0 Å². The Morgan fingerprint density at radius 1 is 2.00 bits per heavy atom. The Balaban J connectivity index is 2.97. The normalized spacial score (nSPS) is 12.7. The van der Waals surface area contributed by atoms with Gasteiger partial charge in [-0.1, -0.05) is 12.2 Å². The highest BCUT2D eigenvalue weighted by atomic mass is 32.2. The molecule has 0 aliphatic heterocycles. The lowest BCUT2D eigenvalue weighted by molar-refractivity contribution is 0.535. The third-order valence-electron chi connectivity index (χ3n) is 0.285. The first-order valence-corrected chi connectivity index (χ1v) is 3.22. The average Bonchev–Trinajstić information content (AvgIpc) is 1.61. The molecular weight excluding hydrogens is 134 g/mol. The minimum absolute atomic E-state index is 0.0938.